The number of hydrogen-bond acceptors (Lipinski definition) is 5. The van der Waals surface area contributed by atoms with Gasteiger partial charge in [0.1, 0.15) is 5.82 Å². The molecule has 24 heavy (non-hydrogen) atoms. The Morgan fingerprint density at radius 3 is 2.96 bits per heavy atom. The number of amides is 1. The van der Waals surface area contributed by atoms with Crippen molar-refractivity contribution in [1.82, 2.24) is 19.9 Å². The zero-order valence-electron chi connectivity index (χ0n) is 14.1. The number of pyridine rings is 1. The van der Waals surface area contributed by atoms with E-state index in [4.69, 9.17) is 0 Å². The Kier molecular flexibility index (Phi) is 4.85. The van der Waals surface area contributed by atoms with Gasteiger partial charge in [-0.05, 0) is 38.3 Å². The van der Waals surface area contributed by atoms with Crippen LogP contribution in [0.4, 0.5) is 0 Å². The van der Waals surface area contributed by atoms with Crippen LogP contribution < -0.4 is 0 Å². The van der Waals surface area contributed by atoms with Gasteiger partial charge in [0.05, 0.1) is 17.9 Å². The first-order valence-electron chi connectivity index (χ1n) is 8.23. The largest absolute Gasteiger partial charge is 0.392 e. The Labute approximate surface area is 141 Å². The molecule has 126 valence electrons. The molecule has 6 nitrogen and oxygen atoms in total. The SMILES string of the molecule is Cc1ncc(CO)c(C2CCCN(C(=O)c3cnccc3C)C2)n1. The van der Waals surface area contributed by atoms with E-state index in [1.165, 1.54) is 0 Å². The first kappa shape index (κ1) is 16.5. The first-order chi connectivity index (χ1) is 11.6. The third kappa shape index (κ3) is 3.28. The van der Waals surface area contributed by atoms with Crippen LogP contribution in [0.2, 0.25) is 0 Å². The van der Waals surface area contributed by atoms with Crippen LogP contribution in [0.1, 0.15) is 51.8 Å². The van der Waals surface area contributed by atoms with Crippen molar-refractivity contribution >= 4 is 5.91 Å². The summed E-state index contributed by atoms with van der Waals surface area (Å²) < 4.78 is 0. The maximum Gasteiger partial charge on any atom is 0.255 e. The molecule has 6 heteroatoms. The number of aliphatic hydroxyl groups is 1. The maximum atomic E-state index is 12.8. The Balaban J connectivity index is 1.84. The predicted molar refractivity (Wildman–Crippen MR) is 89.5 cm³/mol. The molecule has 0 aromatic carbocycles. The highest BCUT2D eigenvalue weighted by Crippen LogP contribution is 2.29. The molecule has 1 fully saturated rings. The van der Waals surface area contributed by atoms with Gasteiger partial charge in [-0.3, -0.25) is 9.78 Å². The lowest BCUT2D eigenvalue weighted by atomic mass is 9.91. The minimum absolute atomic E-state index is 0.0154. The van der Waals surface area contributed by atoms with Crippen molar-refractivity contribution in [1.29, 1.82) is 0 Å². The summed E-state index contributed by atoms with van der Waals surface area (Å²) in [7, 11) is 0. The molecule has 1 N–H and O–H groups in total. The second-order valence-corrected chi connectivity index (χ2v) is 6.27. The summed E-state index contributed by atoms with van der Waals surface area (Å²) in [4.78, 5) is 27.5. The van der Waals surface area contributed by atoms with Crippen molar-refractivity contribution in [2.24, 2.45) is 0 Å². The van der Waals surface area contributed by atoms with Crippen molar-refractivity contribution in [3.63, 3.8) is 0 Å². The fourth-order valence-corrected chi connectivity index (χ4v) is 3.23. The second-order valence-electron chi connectivity index (χ2n) is 6.27. The number of aryl methyl sites for hydroxylation is 2. The summed E-state index contributed by atoms with van der Waals surface area (Å²) in [6.07, 6.45) is 6.89. The van der Waals surface area contributed by atoms with E-state index in [2.05, 4.69) is 15.0 Å². The average molecular weight is 326 g/mol. The van der Waals surface area contributed by atoms with Crippen molar-refractivity contribution in [2.45, 2.75) is 39.2 Å². The lowest BCUT2D eigenvalue weighted by molar-refractivity contribution is 0.0704. The van der Waals surface area contributed by atoms with Crippen LogP contribution in [-0.4, -0.2) is 44.0 Å². The Morgan fingerprint density at radius 2 is 2.21 bits per heavy atom. The van der Waals surface area contributed by atoms with Gasteiger partial charge in [0.2, 0.25) is 0 Å². The molecule has 0 bridgehead atoms. The molecule has 3 rings (SSSR count). The molecular formula is C18H22N4O2. The van der Waals surface area contributed by atoms with E-state index in [0.29, 0.717) is 17.9 Å². The normalized spacial score (nSPS) is 17.8. The Bertz CT molecular complexity index is 748. The van der Waals surface area contributed by atoms with Gasteiger partial charge < -0.3 is 10.0 Å². The molecule has 1 aliphatic rings. The number of carbonyl (C=O) groups is 1. The predicted octanol–water partition coefficient (Wildman–Crippen LogP) is 2.00. The highest BCUT2D eigenvalue weighted by molar-refractivity contribution is 5.95. The van der Waals surface area contributed by atoms with Crippen molar-refractivity contribution in [3.8, 4) is 0 Å². The van der Waals surface area contributed by atoms with Gasteiger partial charge >= 0.3 is 0 Å². The zero-order chi connectivity index (χ0) is 17.1. The smallest absolute Gasteiger partial charge is 0.255 e. The molecule has 1 saturated heterocycles. The van der Waals surface area contributed by atoms with Gasteiger partial charge in [0.25, 0.3) is 5.91 Å². The van der Waals surface area contributed by atoms with Crippen molar-refractivity contribution in [2.75, 3.05) is 13.1 Å². The summed E-state index contributed by atoms with van der Waals surface area (Å²) >= 11 is 0. The molecule has 0 aliphatic carbocycles. The number of likely N-dealkylation sites (tertiary alicyclic amines) is 1. The maximum absolute atomic E-state index is 12.8. The van der Waals surface area contributed by atoms with Gasteiger partial charge in [-0.25, -0.2) is 9.97 Å². The van der Waals surface area contributed by atoms with E-state index in [1.54, 1.807) is 18.6 Å². The lowest BCUT2D eigenvalue weighted by Crippen LogP contribution is -2.40. The number of piperidine rings is 1. The lowest BCUT2D eigenvalue weighted by Gasteiger charge is -2.33. The fraction of sp³-hybridized carbons (Fsp3) is 0.444. The van der Waals surface area contributed by atoms with E-state index in [-0.39, 0.29) is 18.4 Å². The van der Waals surface area contributed by atoms with Crippen LogP contribution >= 0.6 is 0 Å². The molecule has 0 radical (unpaired) electrons. The van der Waals surface area contributed by atoms with E-state index in [0.717, 1.165) is 36.2 Å². The number of rotatable bonds is 3. The highest BCUT2D eigenvalue weighted by atomic mass is 16.3. The third-order valence-corrected chi connectivity index (χ3v) is 4.55. The minimum Gasteiger partial charge on any atom is -0.392 e. The molecule has 2 aromatic heterocycles. The van der Waals surface area contributed by atoms with Crippen LogP contribution in [0.3, 0.4) is 0 Å². The number of hydrogen-bond donors (Lipinski definition) is 1. The summed E-state index contributed by atoms with van der Waals surface area (Å²) in [5.41, 5.74) is 3.20. The van der Waals surface area contributed by atoms with Gasteiger partial charge in [-0.1, -0.05) is 0 Å². The number of aliphatic hydroxyl groups excluding tert-OH is 1. The van der Waals surface area contributed by atoms with E-state index < -0.39 is 0 Å². The van der Waals surface area contributed by atoms with Crippen LogP contribution in [0, 0.1) is 13.8 Å². The number of aromatic nitrogens is 3. The summed E-state index contributed by atoms with van der Waals surface area (Å²) in [5, 5.41) is 9.56. The Morgan fingerprint density at radius 1 is 1.38 bits per heavy atom. The zero-order valence-corrected chi connectivity index (χ0v) is 14.1. The second kappa shape index (κ2) is 7.05. The van der Waals surface area contributed by atoms with Gasteiger partial charge in [-0.15, -0.1) is 0 Å². The molecule has 1 unspecified atom stereocenters. The quantitative estimate of drug-likeness (QED) is 0.933. The van der Waals surface area contributed by atoms with Crippen LogP contribution in [-0.2, 0) is 6.61 Å². The standard InChI is InChI=1S/C18H22N4O2/c1-12-5-6-19-9-16(12)18(24)22-7-3-4-14(10-22)17-15(11-23)8-20-13(2)21-17/h5-6,8-9,14,23H,3-4,7,10-11H2,1-2H3. The first-order valence-corrected chi connectivity index (χ1v) is 8.23. The summed E-state index contributed by atoms with van der Waals surface area (Å²) in [5.74, 6) is 0.832. The topological polar surface area (TPSA) is 79.2 Å². The molecule has 1 amide bonds. The van der Waals surface area contributed by atoms with E-state index >= 15 is 0 Å². The van der Waals surface area contributed by atoms with Gasteiger partial charge in [0, 0.05) is 43.2 Å². The molecule has 0 spiro atoms. The number of carbonyl (C=O) groups excluding carboxylic acids is 1. The van der Waals surface area contributed by atoms with Crippen LogP contribution in [0.25, 0.3) is 0 Å². The monoisotopic (exact) mass is 326 g/mol. The van der Waals surface area contributed by atoms with Gasteiger partial charge in [0.15, 0.2) is 0 Å². The highest BCUT2D eigenvalue weighted by Gasteiger charge is 2.28. The molecule has 3 heterocycles. The molecule has 1 atom stereocenters. The van der Waals surface area contributed by atoms with Crippen molar-refractivity contribution < 1.29 is 9.90 Å². The summed E-state index contributed by atoms with van der Waals surface area (Å²) in [6.45, 7) is 5.03. The van der Waals surface area contributed by atoms with Crippen LogP contribution in [0.5, 0.6) is 0 Å². The fourth-order valence-electron chi connectivity index (χ4n) is 3.23. The molecule has 2 aromatic rings. The third-order valence-electron chi connectivity index (χ3n) is 4.55. The molecular weight excluding hydrogens is 304 g/mol. The van der Waals surface area contributed by atoms with E-state index in [1.807, 2.05) is 24.8 Å². The van der Waals surface area contributed by atoms with Gasteiger partial charge in [-0.2, -0.15) is 0 Å². The van der Waals surface area contributed by atoms with E-state index in [9.17, 15) is 9.90 Å². The number of nitrogens with zero attached hydrogens (tertiary/aromatic N) is 4. The van der Waals surface area contributed by atoms with Crippen LogP contribution in [0.15, 0.2) is 24.7 Å². The molecule has 1 aliphatic heterocycles. The average Bonchev–Trinajstić information content (AvgIpc) is 2.61. The minimum atomic E-state index is -0.0816. The summed E-state index contributed by atoms with van der Waals surface area (Å²) in [6, 6.07) is 1.85. The Hall–Kier alpha value is -2.34. The van der Waals surface area contributed by atoms with Crippen molar-refractivity contribution in [3.05, 3.63) is 52.9 Å². The molecule has 0 saturated carbocycles.